The van der Waals surface area contributed by atoms with E-state index < -0.39 is 0 Å². The second kappa shape index (κ2) is 49.9. The fraction of sp³-hybridized carbons (Fsp3) is 0.414. The van der Waals surface area contributed by atoms with Crippen LogP contribution in [0.5, 0.6) is 0 Å². The van der Waals surface area contributed by atoms with Crippen molar-refractivity contribution in [3.63, 3.8) is 0 Å². The summed E-state index contributed by atoms with van der Waals surface area (Å²) in [4.78, 5) is 3.27. The molecule has 0 aliphatic heterocycles. The Balaban J connectivity index is 0.000000233. The number of benzene rings is 13. The van der Waals surface area contributed by atoms with E-state index in [1.54, 1.807) is 0 Å². The number of H-pyrrole nitrogens is 1. The third-order valence-electron chi connectivity index (χ3n) is 23.0. The van der Waals surface area contributed by atoms with Crippen molar-refractivity contribution >= 4 is 21.7 Å². The molecule has 0 spiro atoms. The van der Waals surface area contributed by atoms with Crippen molar-refractivity contribution in [2.24, 2.45) is 43.3 Å². The Kier molecular flexibility index (Phi) is 41.9. The summed E-state index contributed by atoms with van der Waals surface area (Å²) in [6, 6.07) is 110. The fourth-order valence-corrected chi connectivity index (χ4v) is 16.2. The first-order chi connectivity index (χ1) is 62.0. The predicted octanol–water partition coefficient (Wildman–Crippen LogP) is 39.3. The normalized spacial score (nSPS) is 11.9. The van der Waals surface area contributed by atoms with Crippen LogP contribution >= 0.6 is 0 Å². The van der Waals surface area contributed by atoms with Crippen LogP contribution in [0.25, 0.3) is 55.1 Å². The molecule has 0 unspecified atom stereocenters. The number of nitrogens with one attached hydrogen (secondary N) is 1. The van der Waals surface area contributed by atoms with Gasteiger partial charge in [0.15, 0.2) is 0 Å². The maximum atomic E-state index is 3.27. The highest BCUT2D eigenvalue weighted by atomic mass is 14.7. The molecular weight excluding hydrogens is 1610 g/mol. The van der Waals surface area contributed by atoms with Crippen molar-refractivity contribution in [1.82, 2.24) is 4.98 Å². The molecule has 1 N–H and O–H groups in total. The average Bonchev–Trinajstić information content (AvgIpc) is 1.47. The predicted molar refractivity (Wildman–Crippen MR) is 599 cm³/mol. The van der Waals surface area contributed by atoms with Gasteiger partial charge in [-0.15, -0.1) is 0 Å². The molecule has 0 bridgehead atoms. The summed E-state index contributed by atoms with van der Waals surface area (Å²) in [7, 11) is 0. The number of hydrogen-bond acceptors (Lipinski definition) is 0. The lowest BCUT2D eigenvalue weighted by molar-refractivity contribution is 0.410. The van der Waals surface area contributed by atoms with E-state index in [2.05, 4.69) is 564 Å². The third kappa shape index (κ3) is 44.9. The standard InChI is InChI=1S/C19H21N.2C17H20.C15H24.C14H16.3C13H20.C12H18/c1-19(2,3)13-14-7-9-15(10-8-14)16-5-4-6-18-17(16)11-12-20-18;1-17(2,3)13-14-8-7-11-16(12-14)15-9-5-4-6-10-15;1-17(2,3)13-14-9-11-16(12-10-14)15-7-5-4-6-8-15;1-14(2,3)11-12-7-9-13(10-8-12)15(4,5)6;1-14(2,3)13-9-8-11-6-4-5-7-12(11)10-13;2*1-10-6-7-12(8-11(10)2)9-13(3,4)5;1-10-6-7-11(2)12(8-10)9-13(3,4)5;1-10-5-7-11(8-6-10)9-12(2,3)4/h4-12,20H,13H2,1-3H3;2*4-12H,13H2,1-3H3;7-10H,11H2,1-6H3;4-10H,1-3H3;3*6-8H,9H2,1-5H3;5-8H,9H2,1-4H3. The Morgan fingerprint density at radius 2 is 0.515 bits per heavy atom. The fourth-order valence-electron chi connectivity index (χ4n) is 16.2. The number of rotatable bonds is 11. The number of aromatic amines is 1. The van der Waals surface area contributed by atoms with Gasteiger partial charge in [0.25, 0.3) is 0 Å². The van der Waals surface area contributed by atoms with E-state index in [-0.39, 0.29) is 10.8 Å². The van der Waals surface area contributed by atoms with Crippen LogP contribution in [0.3, 0.4) is 0 Å². The van der Waals surface area contributed by atoms with Crippen LogP contribution < -0.4 is 0 Å². The lowest BCUT2D eigenvalue weighted by Gasteiger charge is -2.21. The van der Waals surface area contributed by atoms with Crippen molar-refractivity contribution in [2.75, 3.05) is 0 Å². The molecule has 1 aromatic heterocycles. The van der Waals surface area contributed by atoms with Crippen LogP contribution in [-0.2, 0) is 62.2 Å². The molecule has 13 aromatic carbocycles. The van der Waals surface area contributed by atoms with Crippen molar-refractivity contribution in [3.8, 4) is 33.4 Å². The lowest BCUT2D eigenvalue weighted by Crippen LogP contribution is -2.12. The SMILES string of the molecule is CC(C)(C)Cc1ccc(-c2cccc3[nH]ccc23)cc1.CC(C)(C)Cc1ccc(-c2ccccc2)cc1.CC(C)(C)Cc1ccc(C(C)(C)C)cc1.CC(C)(C)Cc1cccc(-c2ccccc2)c1.CC(C)(C)c1ccc2ccccc2c1.Cc1ccc(C)c(CC(C)(C)C)c1.Cc1ccc(CC(C)(C)C)cc1.Cc1ccc(CC(C)(C)C)cc1C.Cc1ccc(CC(C)(C)C)cc1C. The van der Waals surface area contributed by atoms with Gasteiger partial charge in [0.2, 0.25) is 0 Å². The number of fused-ring (bicyclic) bond motifs is 2. The highest BCUT2D eigenvalue weighted by molar-refractivity contribution is 5.95. The average molecular weight is 1790 g/mol. The van der Waals surface area contributed by atoms with Gasteiger partial charge < -0.3 is 4.98 Å². The van der Waals surface area contributed by atoms with E-state index in [0.717, 1.165) is 44.9 Å². The van der Waals surface area contributed by atoms with E-state index in [1.165, 1.54) is 156 Å². The summed E-state index contributed by atoms with van der Waals surface area (Å²) in [5.74, 6) is 0. The molecule has 0 saturated carbocycles. The first-order valence-electron chi connectivity index (χ1n) is 49.8. The molecule has 0 saturated heterocycles. The van der Waals surface area contributed by atoms with Gasteiger partial charge in [0.05, 0.1) is 0 Å². The highest BCUT2D eigenvalue weighted by Crippen LogP contribution is 2.35. The van der Waals surface area contributed by atoms with E-state index in [0.29, 0.717) is 43.3 Å². The number of aromatic nitrogens is 1. The highest BCUT2D eigenvalue weighted by Gasteiger charge is 2.21. The first-order valence-corrected chi connectivity index (χ1v) is 49.8. The van der Waals surface area contributed by atoms with Gasteiger partial charge in [-0.3, -0.25) is 0 Å². The zero-order valence-electron chi connectivity index (χ0n) is 91.1. The van der Waals surface area contributed by atoms with E-state index in [4.69, 9.17) is 0 Å². The lowest BCUT2D eigenvalue weighted by atomic mass is 9.84. The zero-order valence-corrected chi connectivity index (χ0v) is 91.1. The minimum Gasteiger partial charge on any atom is -0.361 e. The van der Waals surface area contributed by atoms with Crippen LogP contribution in [0, 0.1) is 91.8 Å². The molecule has 0 atom stereocenters. The maximum Gasteiger partial charge on any atom is 0.0460 e. The Morgan fingerprint density at radius 3 is 0.925 bits per heavy atom. The van der Waals surface area contributed by atoms with Crippen LogP contribution in [0.2, 0.25) is 0 Å². The van der Waals surface area contributed by atoms with Gasteiger partial charge in [0.1, 0.15) is 0 Å². The van der Waals surface area contributed by atoms with Crippen molar-refractivity contribution in [3.05, 3.63) is 404 Å². The van der Waals surface area contributed by atoms with Crippen LogP contribution in [-0.4, -0.2) is 4.98 Å². The minimum atomic E-state index is 0.240. The molecule has 0 aliphatic rings. The van der Waals surface area contributed by atoms with Gasteiger partial charge in [-0.25, -0.2) is 0 Å². The van der Waals surface area contributed by atoms with Crippen LogP contribution in [0.15, 0.2) is 310 Å². The summed E-state index contributed by atoms with van der Waals surface area (Å²) in [5, 5.41) is 3.94. The van der Waals surface area contributed by atoms with Crippen molar-refractivity contribution < 1.29 is 0 Å². The van der Waals surface area contributed by atoms with E-state index in [9.17, 15) is 0 Å². The Hall–Kier alpha value is -10.3. The smallest absolute Gasteiger partial charge is 0.0460 e. The first kappa shape index (κ1) is 112. The summed E-state index contributed by atoms with van der Waals surface area (Å²) >= 11 is 0. The molecular formula is C133H179N. The molecule has 0 amide bonds. The summed E-state index contributed by atoms with van der Waals surface area (Å²) < 4.78 is 0. The second-order valence-corrected chi connectivity index (χ2v) is 50.0. The van der Waals surface area contributed by atoms with Gasteiger partial charge >= 0.3 is 0 Å². The summed E-state index contributed by atoms with van der Waals surface area (Å²) in [6.45, 7) is 83.4. The molecule has 0 radical (unpaired) electrons. The van der Waals surface area contributed by atoms with E-state index in [1.807, 2.05) is 6.20 Å². The van der Waals surface area contributed by atoms with Gasteiger partial charge in [-0.2, -0.15) is 0 Å². The Bertz CT molecular complexity index is 5700. The van der Waals surface area contributed by atoms with Crippen LogP contribution in [0.1, 0.15) is 302 Å². The van der Waals surface area contributed by atoms with Gasteiger partial charge in [-0.05, 0) is 294 Å². The molecule has 1 nitrogen and oxygen atoms in total. The number of aryl methyl sites for hydroxylation is 7. The van der Waals surface area contributed by atoms with Crippen molar-refractivity contribution in [1.29, 1.82) is 0 Å². The Morgan fingerprint density at radius 1 is 0.194 bits per heavy atom. The minimum absolute atomic E-state index is 0.240. The third-order valence-corrected chi connectivity index (χ3v) is 23.0. The monoisotopic (exact) mass is 1790 g/mol. The molecule has 1 heteroatoms. The quantitative estimate of drug-likeness (QED) is 0.133. The Labute approximate surface area is 820 Å². The maximum absolute atomic E-state index is 3.27. The summed E-state index contributed by atoms with van der Waals surface area (Å²) in [5.41, 5.74) is 36.5. The topological polar surface area (TPSA) is 15.8 Å². The molecule has 0 fully saturated rings. The van der Waals surface area contributed by atoms with Gasteiger partial charge in [-0.1, -0.05) is 510 Å². The molecule has 0 aliphatic carbocycles. The molecule has 716 valence electrons. The van der Waals surface area contributed by atoms with Crippen molar-refractivity contribution in [2.45, 2.75) is 318 Å². The largest absolute Gasteiger partial charge is 0.361 e. The molecule has 134 heavy (non-hydrogen) atoms. The molecule has 14 rings (SSSR count). The van der Waals surface area contributed by atoms with Crippen LogP contribution in [0.4, 0.5) is 0 Å². The molecule has 14 aromatic rings. The second-order valence-electron chi connectivity index (χ2n) is 50.0. The molecule has 1 heterocycles. The summed E-state index contributed by atoms with van der Waals surface area (Å²) in [6.07, 6.45) is 11.2. The van der Waals surface area contributed by atoms with E-state index >= 15 is 0 Å². The number of hydrogen-bond donors (Lipinski definition) is 1. The van der Waals surface area contributed by atoms with Gasteiger partial charge in [0, 0.05) is 17.1 Å². The zero-order chi connectivity index (χ0) is 100.